The van der Waals surface area contributed by atoms with Crippen LogP contribution in [0.2, 0.25) is 0 Å². The van der Waals surface area contributed by atoms with E-state index in [9.17, 15) is 4.79 Å². The molecule has 0 aromatic heterocycles. The lowest BCUT2D eigenvalue weighted by Crippen LogP contribution is -2.49. The van der Waals surface area contributed by atoms with Crippen LogP contribution in [-0.2, 0) is 11.2 Å². The number of benzene rings is 1. The second-order valence-corrected chi connectivity index (χ2v) is 4.94. The highest BCUT2D eigenvalue weighted by Crippen LogP contribution is 2.12. The maximum absolute atomic E-state index is 11.9. The third kappa shape index (κ3) is 4.38. The maximum atomic E-state index is 11.9. The molecule has 0 aliphatic carbocycles. The molecule has 1 aliphatic rings. The Hall–Kier alpha value is -1.81. The van der Waals surface area contributed by atoms with E-state index in [0.717, 1.165) is 12.8 Å². The summed E-state index contributed by atoms with van der Waals surface area (Å²) in [4.78, 5) is 13.7. The number of morpholine rings is 1. The van der Waals surface area contributed by atoms with E-state index in [-0.39, 0.29) is 12.1 Å². The fourth-order valence-corrected chi connectivity index (χ4v) is 2.32. The molecule has 0 unspecified atom stereocenters. The average molecular weight is 274 g/mol. The van der Waals surface area contributed by atoms with E-state index < -0.39 is 0 Å². The van der Waals surface area contributed by atoms with Crippen LogP contribution < -0.4 is 5.32 Å². The van der Waals surface area contributed by atoms with Crippen molar-refractivity contribution in [2.24, 2.45) is 0 Å². The molecule has 1 aliphatic heterocycles. The molecule has 20 heavy (non-hydrogen) atoms. The van der Waals surface area contributed by atoms with Crippen LogP contribution in [0.4, 0.5) is 4.79 Å². The summed E-state index contributed by atoms with van der Waals surface area (Å²) in [6.07, 6.45) is 3.73. The van der Waals surface area contributed by atoms with Gasteiger partial charge >= 0.3 is 6.03 Å². The van der Waals surface area contributed by atoms with Gasteiger partial charge in [-0.05, 0) is 18.4 Å². The van der Waals surface area contributed by atoms with Gasteiger partial charge < -0.3 is 15.0 Å². The van der Waals surface area contributed by atoms with E-state index in [2.05, 4.69) is 24.0 Å². The number of hydrogen-bond acceptors (Lipinski definition) is 2. The summed E-state index contributed by atoms with van der Waals surface area (Å²) >= 11 is 0. The van der Waals surface area contributed by atoms with Gasteiger partial charge in [0.25, 0.3) is 0 Å². The van der Waals surface area contributed by atoms with E-state index in [0.29, 0.717) is 26.2 Å². The zero-order chi connectivity index (χ0) is 14.2. The summed E-state index contributed by atoms with van der Waals surface area (Å²) in [7, 11) is 0. The number of ether oxygens (including phenoxy) is 1. The minimum atomic E-state index is -0.0297. The van der Waals surface area contributed by atoms with Crippen LogP contribution in [0.1, 0.15) is 12.0 Å². The van der Waals surface area contributed by atoms with E-state index >= 15 is 0 Å². The van der Waals surface area contributed by atoms with Crippen LogP contribution >= 0.6 is 0 Å². The third-order valence-corrected chi connectivity index (χ3v) is 3.42. The van der Waals surface area contributed by atoms with Gasteiger partial charge in [-0.3, -0.25) is 0 Å². The average Bonchev–Trinajstić information content (AvgIpc) is 2.52. The molecule has 4 heteroatoms. The Morgan fingerprint density at radius 1 is 1.45 bits per heavy atom. The maximum Gasteiger partial charge on any atom is 0.317 e. The summed E-state index contributed by atoms with van der Waals surface area (Å²) in [5.41, 5.74) is 1.31. The first-order valence-corrected chi connectivity index (χ1v) is 7.09. The molecular formula is C16H22N2O2. The largest absolute Gasteiger partial charge is 0.375 e. The smallest absolute Gasteiger partial charge is 0.317 e. The molecule has 1 aromatic rings. The summed E-state index contributed by atoms with van der Waals surface area (Å²) in [5.74, 6) is 0. The van der Waals surface area contributed by atoms with E-state index in [4.69, 9.17) is 4.74 Å². The van der Waals surface area contributed by atoms with Crippen molar-refractivity contribution < 1.29 is 9.53 Å². The lowest BCUT2D eigenvalue weighted by molar-refractivity contribution is -0.0175. The molecule has 1 saturated heterocycles. The SMILES string of the molecule is C=CCNC(=O)N1CCO[C@@H](CCc2ccccc2)C1. The van der Waals surface area contributed by atoms with Gasteiger partial charge in [0.1, 0.15) is 0 Å². The summed E-state index contributed by atoms with van der Waals surface area (Å²) in [6.45, 7) is 6.03. The lowest BCUT2D eigenvalue weighted by Gasteiger charge is -2.33. The van der Waals surface area contributed by atoms with Crippen LogP contribution in [0.25, 0.3) is 0 Å². The van der Waals surface area contributed by atoms with Gasteiger partial charge in [0.2, 0.25) is 0 Å². The second-order valence-electron chi connectivity index (χ2n) is 4.94. The molecule has 1 fully saturated rings. The van der Waals surface area contributed by atoms with Crippen molar-refractivity contribution in [2.45, 2.75) is 18.9 Å². The molecular weight excluding hydrogens is 252 g/mol. The zero-order valence-electron chi connectivity index (χ0n) is 11.8. The standard InChI is InChI=1S/C16H22N2O2/c1-2-10-17-16(19)18-11-12-20-15(13-18)9-8-14-6-4-3-5-7-14/h2-7,15H,1,8-13H2,(H,17,19)/t15-/m0/s1. The first-order valence-electron chi connectivity index (χ1n) is 7.09. The topological polar surface area (TPSA) is 41.6 Å². The van der Waals surface area contributed by atoms with E-state index in [1.54, 1.807) is 6.08 Å². The molecule has 1 N–H and O–H groups in total. The van der Waals surface area contributed by atoms with E-state index in [1.807, 2.05) is 23.1 Å². The molecule has 0 bridgehead atoms. The molecule has 1 aromatic carbocycles. The fourth-order valence-electron chi connectivity index (χ4n) is 2.32. The Morgan fingerprint density at radius 2 is 2.25 bits per heavy atom. The molecule has 0 saturated carbocycles. The minimum Gasteiger partial charge on any atom is -0.375 e. The highest BCUT2D eigenvalue weighted by Gasteiger charge is 2.23. The Kier molecular flexibility index (Phi) is 5.62. The number of carbonyl (C=O) groups is 1. The highest BCUT2D eigenvalue weighted by atomic mass is 16.5. The molecule has 108 valence electrons. The molecule has 4 nitrogen and oxygen atoms in total. The molecule has 1 heterocycles. The van der Waals surface area contributed by atoms with Crippen molar-refractivity contribution >= 4 is 6.03 Å². The third-order valence-electron chi connectivity index (χ3n) is 3.42. The van der Waals surface area contributed by atoms with Gasteiger partial charge in [-0.25, -0.2) is 4.79 Å². The van der Waals surface area contributed by atoms with Crippen molar-refractivity contribution in [1.82, 2.24) is 10.2 Å². The predicted octanol–water partition coefficient (Wildman–Crippen LogP) is 2.22. The predicted molar refractivity (Wildman–Crippen MR) is 79.7 cm³/mol. The van der Waals surface area contributed by atoms with Crippen LogP contribution in [0.15, 0.2) is 43.0 Å². The first kappa shape index (κ1) is 14.6. The Bertz CT molecular complexity index is 433. The van der Waals surface area contributed by atoms with Gasteiger partial charge in [0.15, 0.2) is 0 Å². The normalized spacial score (nSPS) is 18.6. The number of carbonyl (C=O) groups excluding carboxylic acids is 1. The van der Waals surface area contributed by atoms with Gasteiger partial charge in [0, 0.05) is 19.6 Å². The fraction of sp³-hybridized carbons (Fsp3) is 0.438. The molecule has 2 amide bonds. The van der Waals surface area contributed by atoms with Gasteiger partial charge in [-0.1, -0.05) is 36.4 Å². The van der Waals surface area contributed by atoms with Gasteiger partial charge in [0.05, 0.1) is 12.7 Å². The Balaban J connectivity index is 1.78. The number of amides is 2. The Morgan fingerprint density at radius 3 is 3.00 bits per heavy atom. The molecule has 1 atom stereocenters. The highest BCUT2D eigenvalue weighted by molar-refractivity contribution is 5.74. The van der Waals surface area contributed by atoms with Crippen molar-refractivity contribution in [3.05, 3.63) is 48.6 Å². The van der Waals surface area contributed by atoms with E-state index in [1.165, 1.54) is 5.56 Å². The monoisotopic (exact) mass is 274 g/mol. The van der Waals surface area contributed by atoms with Crippen molar-refractivity contribution in [3.8, 4) is 0 Å². The number of nitrogens with zero attached hydrogens (tertiary/aromatic N) is 1. The summed E-state index contributed by atoms with van der Waals surface area (Å²) in [5, 5.41) is 2.81. The zero-order valence-corrected chi connectivity index (χ0v) is 11.8. The van der Waals surface area contributed by atoms with Crippen LogP contribution in [0, 0.1) is 0 Å². The van der Waals surface area contributed by atoms with Gasteiger partial charge in [-0.15, -0.1) is 6.58 Å². The number of rotatable bonds is 5. The second kappa shape index (κ2) is 7.70. The first-order chi connectivity index (χ1) is 9.79. The molecule has 0 radical (unpaired) electrons. The van der Waals surface area contributed by atoms with Crippen molar-refractivity contribution in [3.63, 3.8) is 0 Å². The number of urea groups is 1. The van der Waals surface area contributed by atoms with Gasteiger partial charge in [-0.2, -0.15) is 0 Å². The summed E-state index contributed by atoms with van der Waals surface area (Å²) < 4.78 is 5.74. The number of nitrogens with one attached hydrogen (secondary N) is 1. The lowest BCUT2D eigenvalue weighted by atomic mass is 10.1. The van der Waals surface area contributed by atoms with Crippen molar-refractivity contribution in [1.29, 1.82) is 0 Å². The Labute approximate surface area is 120 Å². The van der Waals surface area contributed by atoms with Crippen LogP contribution in [0.3, 0.4) is 0 Å². The number of hydrogen-bond donors (Lipinski definition) is 1. The molecule has 2 rings (SSSR count). The number of aryl methyl sites for hydroxylation is 1. The minimum absolute atomic E-state index is 0.0297. The quantitative estimate of drug-likeness (QED) is 0.836. The van der Waals surface area contributed by atoms with Crippen LogP contribution in [0.5, 0.6) is 0 Å². The summed E-state index contributed by atoms with van der Waals surface area (Å²) in [6, 6.07) is 10.3. The van der Waals surface area contributed by atoms with Crippen LogP contribution in [-0.4, -0.2) is 43.3 Å². The van der Waals surface area contributed by atoms with Crippen molar-refractivity contribution in [2.75, 3.05) is 26.2 Å². The molecule has 0 spiro atoms.